The number of aliphatic imine (C=N–C) groups is 1. The normalized spacial score (nSPS) is 18.8. The van der Waals surface area contributed by atoms with Crippen LogP contribution in [0.3, 0.4) is 0 Å². The van der Waals surface area contributed by atoms with E-state index in [1.165, 1.54) is 11.6 Å². The largest absolute Gasteiger partial charge is 0.396 e. The Hall–Kier alpha value is -2.52. The zero-order chi connectivity index (χ0) is 16.7. The van der Waals surface area contributed by atoms with Gasteiger partial charge in [0.05, 0.1) is 5.69 Å². The molecule has 2 aliphatic rings. The van der Waals surface area contributed by atoms with Crippen molar-refractivity contribution in [1.82, 2.24) is 0 Å². The van der Waals surface area contributed by atoms with Gasteiger partial charge >= 0.3 is 0 Å². The van der Waals surface area contributed by atoms with E-state index in [0.717, 1.165) is 45.5 Å². The first-order chi connectivity index (χ1) is 11.7. The van der Waals surface area contributed by atoms with E-state index in [4.69, 9.17) is 0 Å². The number of hydrogen-bond acceptors (Lipinski definition) is 2. The molecule has 2 nitrogen and oxygen atoms in total. The van der Waals surface area contributed by atoms with E-state index in [2.05, 4.69) is 18.0 Å². The van der Waals surface area contributed by atoms with Crippen LogP contribution in [0.15, 0.2) is 53.0 Å². The maximum atomic E-state index is 13.8. The molecule has 4 rings (SSSR count). The molecule has 0 radical (unpaired) electrons. The van der Waals surface area contributed by atoms with Crippen molar-refractivity contribution < 1.29 is 9.50 Å². The molecule has 0 unspecified atom stereocenters. The highest BCUT2D eigenvalue weighted by molar-refractivity contribution is 6.12. The molecule has 2 aromatic rings. The molecule has 24 heavy (non-hydrogen) atoms. The highest BCUT2D eigenvalue weighted by Crippen LogP contribution is 2.48. The van der Waals surface area contributed by atoms with Gasteiger partial charge in [0.25, 0.3) is 0 Å². The third kappa shape index (κ3) is 2.24. The van der Waals surface area contributed by atoms with Crippen molar-refractivity contribution in [3.63, 3.8) is 0 Å². The Balaban J connectivity index is 2.01. The van der Waals surface area contributed by atoms with Crippen molar-refractivity contribution in [2.45, 2.75) is 19.8 Å². The molecule has 0 saturated heterocycles. The molecule has 0 saturated carbocycles. The summed E-state index contributed by atoms with van der Waals surface area (Å²) in [6, 6.07) is 13.1. The topological polar surface area (TPSA) is 32.6 Å². The van der Waals surface area contributed by atoms with Crippen LogP contribution in [0.5, 0.6) is 0 Å². The van der Waals surface area contributed by atoms with Gasteiger partial charge in [-0.1, -0.05) is 24.3 Å². The zero-order valence-corrected chi connectivity index (χ0v) is 13.5. The molecule has 0 aromatic heterocycles. The minimum Gasteiger partial charge on any atom is -0.396 e. The molecule has 2 aromatic carbocycles. The Morgan fingerprint density at radius 2 is 1.92 bits per heavy atom. The predicted octanol–water partition coefficient (Wildman–Crippen LogP) is 5.01. The maximum absolute atomic E-state index is 13.8. The van der Waals surface area contributed by atoms with E-state index in [1.807, 2.05) is 30.5 Å². The van der Waals surface area contributed by atoms with Crippen LogP contribution in [0.1, 0.15) is 36.5 Å². The minimum atomic E-state index is -0.242. The molecule has 1 aliphatic carbocycles. The molecule has 0 spiro atoms. The lowest BCUT2D eigenvalue weighted by molar-refractivity contribution is 0.305. The fourth-order valence-corrected chi connectivity index (χ4v) is 3.79. The number of allylic oxidation sites excluding steroid dienone is 3. The number of fused-ring (bicyclic) bond motifs is 2. The standard InChI is InChI=1S/C21H18FNO/c1-13-15(9-11-24)19-12-14(22)6-7-17(19)21(13)18-8-10-23-20-5-3-2-4-16(18)20/h2-7,10,12,24H,8-9,11H2,1H3. The second kappa shape index (κ2) is 5.84. The molecular formula is C21H18FNO. The Morgan fingerprint density at radius 1 is 1.08 bits per heavy atom. The fourth-order valence-electron chi connectivity index (χ4n) is 3.79. The molecule has 1 aliphatic heterocycles. The molecule has 0 bridgehead atoms. The third-order valence-electron chi connectivity index (χ3n) is 4.82. The van der Waals surface area contributed by atoms with Gasteiger partial charge in [0, 0.05) is 24.8 Å². The van der Waals surface area contributed by atoms with E-state index in [-0.39, 0.29) is 12.4 Å². The molecule has 1 heterocycles. The highest BCUT2D eigenvalue weighted by Gasteiger charge is 2.27. The summed E-state index contributed by atoms with van der Waals surface area (Å²) in [4.78, 5) is 4.49. The predicted molar refractivity (Wildman–Crippen MR) is 96.7 cm³/mol. The Morgan fingerprint density at radius 3 is 2.75 bits per heavy atom. The van der Waals surface area contributed by atoms with Gasteiger partial charge in [-0.15, -0.1) is 0 Å². The average molecular weight is 319 g/mol. The van der Waals surface area contributed by atoms with E-state index in [1.54, 1.807) is 6.07 Å². The molecule has 1 N–H and O–H groups in total. The van der Waals surface area contributed by atoms with Gasteiger partial charge in [-0.3, -0.25) is 4.99 Å². The SMILES string of the molecule is CC1=C(CCO)c2cc(F)ccc2C1=C1CC=Nc2ccccc21. The van der Waals surface area contributed by atoms with Crippen LogP contribution in [0.2, 0.25) is 0 Å². The van der Waals surface area contributed by atoms with E-state index in [0.29, 0.717) is 6.42 Å². The fraction of sp³-hybridized carbons (Fsp3) is 0.190. The van der Waals surface area contributed by atoms with Crippen molar-refractivity contribution >= 4 is 28.6 Å². The van der Waals surface area contributed by atoms with Crippen LogP contribution >= 0.6 is 0 Å². The molecule has 0 amide bonds. The van der Waals surface area contributed by atoms with Crippen LogP contribution in [0.4, 0.5) is 10.1 Å². The van der Waals surface area contributed by atoms with Crippen molar-refractivity contribution in [2.24, 2.45) is 4.99 Å². The van der Waals surface area contributed by atoms with Crippen LogP contribution in [-0.4, -0.2) is 17.9 Å². The highest BCUT2D eigenvalue weighted by atomic mass is 19.1. The van der Waals surface area contributed by atoms with Crippen LogP contribution in [-0.2, 0) is 0 Å². The van der Waals surface area contributed by atoms with E-state index >= 15 is 0 Å². The summed E-state index contributed by atoms with van der Waals surface area (Å²) in [6.07, 6.45) is 3.23. The summed E-state index contributed by atoms with van der Waals surface area (Å²) in [5.74, 6) is -0.242. The Labute approximate surface area is 140 Å². The third-order valence-corrected chi connectivity index (χ3v) is 4.82. The summed E-state index contributed by atoms with van der Waals surface area (Å²) in [6.45, 7) is 2.13. The van der Waals surface area contributed by atoms with Gasteiger partial charge in [0.1, 0.15) is 5.82 Å². The number of hydrogen-bond donors (Lipinski definition) is 1. The van der Waals surface area contributed by atoms with Gasteiger partial charge in [-0.2, -0.15) is 0 Å². The Kier molecular flexibility index (Phi) is 3.66. The number of aliphatic hydroxyl groups excluding tert-OH is 1. The summed E-state index contributed by atoms with van der Waals surface area (Å²) in [7, 11) is 0. The maximum Gasteiger partial charge on any atom is 0.123 e. The number of benzene rings is 2. The number of nitrogens with zero attached hydrogens (tertiary/aromatic N) is 1. The number of halogens is 1. The van der Waals surface area contributed by atoms with Gasteiger partial charge in [-0.25, -0.2) is 4.39 Å². The van der Waals surface area contributed by atoms with Crippen LogP contribution in [0, 0.1) is 5.82 Å². The van der Waals surface area contributed by atoms with Crippen molar-refractivity contribution in [1.29, 1.82) is 0 Å². The monoisotopic (exact) mass is 319 g/mol. The molecule has 0 atom stereocenters. The lowest BCUT2D eigenvalue weighted by Crippen LogP contribution is -1.98. The van der Waals surface area contributed by atoms with Crippen molar-refractivity contribution in [3.8, 4) is 0 Å². The number of aliphatic hydroxyl groups is 1. The van der Waals surface area contributed by atoms with Crippen LogP contribution in [0.25, 0.3) is 16.7 Å². The second-order valence-corrected chi connectivity index (χ2v) is 6.15. The lowest BCUT2D eigenvalue weighted by atomic mass is 9.89. The van der Waals surface area contributed by atoms with E-state index in [9.17, 15) is 9.50 Å². The second-order valence-electron chi connectivity index (χ2n) is 6.15. The summed E-state index contributed by atoms with van der Waals surface area (Å²) in [5, 5.41) is 9.43. The Bertz CT molecular complexity index is 921. The quantitative estimate of drug-likeness (QED) is 0.829. The molecule has 120 valence electrons. The first kappa shape index (κ1) is 15.0. The molecule has 0 fully saturated rings. The first-order valence-electron chi connectivity index (χ1n) is 8.17. The number of rotatable bonds is 2. The average Bonchev–Trinajstić information content (AvgIpc) is 2.86. The smallest absolute Gasteiger partial charge is 0.123 e. The van der Waals surface area contributed by atoms with E-state index < -0.39 is 0 Å². The van der Waals surface area contributed by atoms with Gasteiger partial charge in [0.15, 0.2) is 0 Å². The zero-order valence-electron chi connectivity index (χ0n) is 13.5. The van der Waals surface area contributed by atoms with Gasteiger partial charge in [0.2, 0.25) is 0 Å². The van der Waals surface area contributed by atoms with Gasteiger partial charge in [-0.05, 0) is 65.0 Å². The van der Waals surface area contributed by atoms with Crippen molar-refractivity contribution in [3.05, 3.63) is 70.5 Å². The molecule has 3 heteroatoms. The summed E-state index contributed by atoms with van der Waals surface area (Å²) in [5.41, 5.74) is 8.61. The van der Waals surface area contributed by atoms with Gasteiger partial charge < -0.3 is 5.11 Å². The van der Waals surface area contributed by atoms with Crippen molar-refractivity contribution in [2.75, 3.05) is 6.61 Å². The molecular weight excluding hydrogens is 301 g/mol. The number of para-hydroxylation sites is 1. The first-order valence-corrected chi connectivity index (χ1v) is 8.17. The summed E-state index contributed by atoms with van der Waals surface area (Å²) >= 11 is 0. The minimum absolute atomic E-state index is 0.0588. The summed E-state index contributed by atoms with van der Waals surface area (Å²) < 4.78 is 13.8. The lowest BCUT2D eigenvalue weighted by Gasteiger charge is -2.18. The van der Waals surface area contributed by atoms with Crippen LogP contribution < -0.4 is 0 Å².